The number of benzene rings is 3. The summed E-state index contributed by atoms with van der Waals surface area (Å²) in [5.74, 6) is -3.04. The van der Waals surface area contributed by atoms with Gasteiger partial charge in [0.05, 0.1) is 74.6 Å². The highest BCUT2D eigenvalue weighted by Crippen LogP contribution is 2.35. The van der Waals surface area contributed by atoms with E-state index in [4.69, 9.17) is 24.7 Å². The molecule has 0 saturated carbocycles. The number of amides is 5. The van der Waals surface area contributed by atoms with Gasteiger partial charge >= 0.3 is 0 Å². The van der Waals surface area contributed by atoms with Crippen molar-refractivity contribution in [3.63, 3.8) is 0 Å². The molecule has 0 bridgehead atoms. The number of Topliss-reactive ketones (excluding diaryl/α,β-unsaturated/α-hetero) is 1. The zero-order chi connectivity index (χ0) is 52.9. The third kappa shape index (κ3) is 14.1. The van der Waals surface area contributed by atoms with E-state index in [0.29, 0.717) is 121 Å². The molecular weight excluding hydrogens is 990 g/mol. The molecular formula is C54H64FN7O12S. The highest BCUT2D eigenvalue weighted by Gasteiger charge is 2.45. The molecule has 75 heavy (non-hydrogen) atoms. The number of hydrogen-bond acceptors (Lipinski definition) is 16. The zero-order valence-electron chi connectivity index (χ0n) is 41.9. The number of unbranched alkanes of at least 4 members (excludes halogenated alkanes) is 2. The van der Waals surface area contributed by atoms with Gasteiger partial charge < -0.3 is 35.3 Å². The molecule has 8 rings (SSSR count). The maximum Gasteiger partial charge on any atom is 0.264 e. The summed E-state index contributed by atoms with van der Waals surface area (Å²) in [6, 6.07) is 14.9. The Bertz CT molecular complexity index is 2880. The lowest BCUT2D eigenvalue weighted by Gasteiger charge is -2.32. The average Bonchev–Trinajstić information content (AvgIpc) is 3.64. The van der Waals surface area contributed by atoms with Gasteiger partial charge in [-0.25, -0.2) is 17.8 Å². The Morgan fingerprint density at radius 2 is 1.53 bits per heavy atom. The quantitative estimate of drug-likeness (QED) is 0.0470. The number of piperidine rings is 2. The second-order valence-corrected chi connectivity index (χ2v) is 21.1. The van der Waals surface area contributed by atoms with Crippen LogP contribution >= 0.6 is 0 Å². The maximum atomic E-state index is 15.7. The first-order valence-electron chi connectivity index (χ1n) is 25.6. The predicted molar refractivity (Wildman–Crippen MR) is 275 cm³/mol. The van der Waals surface area contributed by atoms with E-state index in [1.807, 2.05) is 11.0 Å². The van der Waals surface area contributed by atoms with Crippen LogP contribution in [0.4, 0.5) is 15.9 Å². The second kappa shape index (κ2) is 25.8. The number of nitrogens with two attached hydrogens (primary N) is 1. The van der Waals surface area contributed by atoms with Crippen LogP contribution in [-0.2, 0) is 49.6 Å². The number of carbonyl (C=O) groups is 6. The first-order chi connectivity index (χ1) is 36.3. The number of sulfone groups is 1. The molecule has 5 amide bonds. The standard InChI is InChI=1S/C54H64FN7O12S/c55-45-30-40(11-13-41(45)38-29-44(50(56)59-31-38)36-10-12-42-37(28-36)16-17-58-51(42)65)75(69,70)34-35-6-5-19-61(32-35)33-39(63)7-2-1-3-20-71-22-24-73-26-27-74-25-23-72-21-18-57-46-9-4-8-43-49(46)54(68)62(53(43)67)47-14-15-48(64)60-52(47)66/h4,8-13,28-31,35,47,57H,1-3,5-7,14-27,32-34H2,(H2,56,59)(H,58,65)(H,60,64,66). The van der Waals surface area contributed by atoms with E-state index >= 15 is 4.39 Å². The monoisotopic (exact) mass is 1050 g/mol. The van der Waals surface area contributed by atoms with Gasteiger partial charge in [-0.1, -0.05) is 30.7 Å². The van der Waals surface area contributed by atoms with Crippen molar-refractivity contribution < 1.29 is 60.5 Å². The molecule has 5 heterocycles. The number of rotatable bonds is 27. The molecule has 2 unspecified atom stereocenters. The Morgan fingerprint density at radius 3 is 2.29 bits per heavy atom. The minimum absolute atomic E-state index is 0.0489. The first-order valence-corrected chi connectivity index (χ1v) is 27.3. The summed E-state index contributed by atoms with van der Waals surface area (Å²) in [4.78, 5) is 82.5. The highest BCUT2D eigenvalue weighted by molar-refractivity contribution is 7.91. The number of hydrogen-bond donors (Lipinski definition) is 4. The summed E-state index contributed by atoms with van der Waals surface area (Å²) >= 11 is 0. The number of nitrogen functional groups attached to an aromatic ring is 1. The number of ether oxygens (including phenoxy) is 4. The minimum atomic E-state index is -3.83. The van der Waals surface area contributed by atoms with Crippen LogP contribution in [0, 0.1) is 11.7 Å². The van der Waals surface area contributed by atoms with Crippen LogP contribution in [0.2, 0.25) is 0 Å². The summed E-state index contributed by atoms with van der Waals surface area (Å²) in [7, 11) is -3.83. The normalized spacial score (nSPS) is 17.9. The number of imide groups is 2. The van der Waals surface area contributed by atoms with Crippen LogP contribution in [0.3, 0.4) is 0 Å². The number of nitrogens with zero attached hydrogens (tertiary/aromatic N) is 3. The minimum Gasteiger partial charge on any atom is -0.383 e. The first kappa shape index (κ1) is 54.8. The molecule has 4 aliphatic rings. The molecule has 0 aliphatic carbocycles. The Morgan fingerprint density at radius 1 is 0.787 bits per heavy atom. The molecule has 3 aromatic carbocycles. The molecule has 4 aliphatic heterocycles. The van der Waals surface area contributed by atoms with Gasteiger partial charge in [-0.3, -0.25) is 43.9 Å². The largest absolute Gasteiger partial charge is 0.383 e. The van der Waals surface area contributed by atoms with Crippen LogP contribution < -0.4 is 21.7 Å². The number of likely N-dealkylation sites (tertiary alicyclic amines) is 1. The highest BCUT2D eigenvalue weighted by atomic mass is 32.2. The van der Waals surface area contributed by atoms with Crippen LogP contribution in [0.15, 0.2) is 71.8 Å². The predicted octanol–water partition coefficient (Wildman–Crippen LogP) is 4.62. The van der Waals surface area contributed by atoms with Gasteiger partial charge in [-0.15, -0.1) is 0 Å². The van der Waals surface area contributed by atoms with Gasteiger partial charge in [-0.05, 0) is 98.5 Å². The SMILES string of the molecule is Nc1ncc(-c2ccc(S(=O)(=O)CC3CCCN(CC(=O)CCCCCOCCOCCOCCOCCNc4cccc5c4C(=O)N(C4CCC(=O)NC4=O)C5=O)C3)cc2F)cc1-c1ccc2c(c1)CCNC2=O. The smallest absolute Gasteiger partial charge is 0.264 e. The number of pyridine rings is 1. The lowest BCUT2D eigenvalue weighted by atomic mass is 9.94. The Balaban J connectivity index is 0.637. The molecule has 0 spiro atoms. The third-order valence-electron chi connectivity index (χ3n) is 13.7. The molecule has 21 heteroatoms. The molecule has 5 N–H and O–H groups in total. The van der Waals surface area contributed by atoms with Gasteiger partial charge in [0.1, 0.15) is 23.5 Å². The lowest BCUT2D eigenvalue weighted by Crippen LogP contribution is -2.54. The van der Waals surface area contributed by atoms with E-state index in [1.165, 1.54) is 18.3 Å². The molecule has 0 radical (unpaired) electrons. The Labute approximate surface area is 435 Å². The molecule has 19 nitrogen and oxygen atoms in total. The summed E-state index contributed by atoms with van der Waals surface area (Å²) in [5.41, 5.74) is 10.5. The zero-order valence-corrected chi connectivity index (χ0v) is 42.7. The number of carbonyl (C=O) groups excluding carboxylic acids is 6. The van der Waals surface area contributed by atoms with Crippen LogP contribution in [0.5, 0.6) is 0 Å². The summed E-state index contributed by atoms with van der Waals surface area (Å²) in [6.45, 7) is 5.54. The maximum absolute atomic E-state index is 15.7. The summed E-state index contributed by atoms with van der Waals surface area (Å²) < 4.78 is 65.3. The fraction of sp³-hybridized carbons (Fsp3) is 0.463. The summed E-state index contributed by atoms with van der Waals surface area (Å²) in [5, 5.41) is 8.15. The number of ketones is 1. The third-order valence-corrected chi connectivity index (χ3v) is 15.6. The molecule has 2 saturated heterocycles. The molecule has 1 aromatic heterocycles. The fourth-order valence-electron chi connectivity index (χ4n) is 9.92. The van der Waals surface area contributed by atoms with Crippen molar-refractivity contribution in [3.8, 4) is 22.3 Å². The summed E-state index contributed by atoms with van der Waals surface area (Å²) in [6.07, 6.45) is 6.53. The van der Waals surface area contributed by atoms with Crippen molar-refractivity contribution in [2.24, 2.45) is 5.92 Å². The average molecular weight is 1050 g/mol. The lowest BCUT2D eigenvalue weighted by molar-refractivity contribution is -0.136. The molecule has 4 aromatic rings. The topological polar surface area (TPSA) is 255 Å². The number of anilines is 2. The Hall–Kier alpha value is -6.49. The van der Waals surface area contributed by atoms with E-state index in [9.17, 15) is 37.2 Å². The van der Waals surface area contributed by atoms with E-state index in [2.05, 4.69) is 20.9 Å². The fourth-order valence-corrected chi connectivity index (χ4v) is 11.6. The van der Waals surface area contributed by atoms with Gasteiger partial charge in [0.25, 0.3) is 17.7 Å². The van der Waals surface area contributed by atoms with Crippen LogP contribution in [-0.4, -0.2) is 156 Å². The second-order valence-electron chi connectivity index (χ2n) is 19.1. The van der Waals surface area contributed by atoms with Gasteiger partial charge in [0, 0.05) is 73.2 Å². The van der Waals surface area contributed by atoms with Crippen molar-refractivity contribution in [1.29, 1.82) is 0 Å². The molecule has 2 atom stereocenters. The molecule has 2 fully saturated rings. The van der Waals surface area contributed by atoms with E-state index in [-0.39, 0.29) is 70.2 Å². The van der Waals surface area contributed by atoms with E-state index in [0.717, 1.165) is 47.8 Å². The van der Waals surface area contributed by atoms with Gasteiger partial charge in [0.15, 0.2) is 9.84 Å². The Kier molecular flexibility index (Phi) is 18.9. The number of aromatic nitrogens is 1. The van der Waals surface area contributed by atoms with Crippen molar-refractivity contribution >= 4 is 56.7 Å². The van der Waals surface area contributed by atoms with E-state index < -0.39 is 45.3 Å². The van der Waals surface area contributed by atoms with Crippen molar-refractivity contribution in [2.45, 2.75) is 68.7 Å². The van der Waals surface area contributed by atoms with Crippen LogP contribution in [0.25, 0.3) is 22.3 Å². The van der Waals surface area contributed by atoms with Gasteiger partial charge in [-0.2, -0.15) is 0 Å². The number of halogens is 1. The number of fused-ring (bicyclic) bond motifs is 2. The number of nitrogens with one attached hydrogen (secondary N) is 3. The molecule has 400 valence electrons. The van der Waals surface area contributed by atoms with Crippen LogP contribution in [0.1, 0.15) is 88.0 Å². The van der Waals surface area contributed by atoms with E-state index in [1.54, 1.807) is 36.4 Å². The van der Waals surface area contributed by atoms with Crippen molar-refractivity contribution in [3.05, 3.63) is 94.9 Å². The van der Waals surface area contributed by atoms with Gasteiger partial charge in [0.2, 0.25) is 11.8 Å². The van der Waals surface area contributed by atoms with Crippen molar-refractivity contribution in [2.75, 3.05) is 102 Å². The van der Waals surface area contributed by atoms with Crippen molar-refractivity contribution in [1.82, 2.24) is 25.4 Å².